The molecule has 0 atom stereocenters. The zero-order chi connectivity index (χ0) is 18.4. The van der Waals surface area contributed by atoms with Crippen LogP contribution in [0.4, 0.5) is 0 Å². The third kappa shape index (κ3) is 4.18. The smallest absolute Gasteiger partial charge is 0.255 e. The second-order valence-electron chi connectivity index (χ2n) is 6.19. The summed E-state index contributed by atoms with van der Waals surface area (Å²) < 4.78 is 1.76. The average Bonchev–Trinajstić information content (AvgIpc) is 3.14. The molecule has 3 aromatic rings. The van der Waals surface area contributed by atoms with Crippen LogP contribution in [-0.4, -0.2) is 47.3 Å². The van der Waals surface area contributed by atoms with Crippen molar-refractivity contribution in [3.63, 3.8) is 0 Å². The Kier molecular flexibility index (Phi) is 5.81. The quantitative estimate of drug-likeness (QED) is 0.713. The first-order valence-corrected chi connectivity index (χ1v) is 8.86. The van der Waals surface area contributed by atoms with Crippen LogP contribution in [-0.2, 0) is 0 Å². The molecule has 2 aromatic carbocycles. The largest absolute Gasteiger partial charge is 0.351 e. The summed E-state index contributed by atoms with van der Waals surface area (Å²) in [5.74, 6) is -0.101. The Morgan fingerprint density at radius 2 is 1.73 bits per heavy atom. The summed E-state index contributed by atoms with van der Waals surface area (Å²) in [6.45, 7) is 4.47. The van der Waals surface area contributed by atoms with Crippen molar-refractivity contribution in [2.24, 2.45) is 0 Å². The maximum Gasteiger partial charge on any atom is 0.255 e. The lowest BCUT2D eigenvalue weighted by Crippen LogP contribution is -2.32. The fourth-order valence-corrected chi connectivity index (χ4v) is 2.68. The Morgan fingerprint density at radius 3 is 2.38 bits per heavy atom. The number of carbonyl (C=O) groups is 1. The number of hydrogen-bond acceptors (Lipinski definition) is 3. The SMILES string of the molecule is CCN(C)CCNC(=O)c1cn(-c2ccccc2)nc1-c1ccccc1. The minimum absolute atomic E-state index is 0.101. The van der Waals surface area contributed by atoms with E-state index >= 15 is 0 Å². The first-order valence-electron chi connectivity index (χ1n) is 8.86. The van der Waals surface area contributed by atoms with Gasteiger partial charge in [0.05, 0.1) is 11.3 Å². The molecule has 0 spiro atoms. The number of amides is 1. The van der Waals surface area contributed by atoms with E-state index in [1.165, 1.54) is 0 Å². The molecule has 26 heavy (non-hydrogen) atoms. The van der Waals surface area contributed by atoms with Gasteiger partial charge in [-0.1, -0.05) is 55.5 Å². The number of nitrogens with one attached hydrogen (secondary N) is 1. The molecule has 0 radical (unpaired) electrons. The molecule has 0 aliphatic heterocycles. The number of carbonyl (C=O) groups excluding carboxylic acids is 1. The molecular formula is C21H24N4O. The van der Waals surface area contributed by atoms with E-state index in [4.69, 9.17) is 0 Å². The molecule has 1 N–H and O–H groups in total. The standard InChI is InChI=1S/C21H24N4O/c1-3-24(2)15-14-22-21(26)19-16-25(18-12-8-5-9-13-18)23-20(19)17-10-6-4-7-11-17/h4-13,16H,3,14-15H2,1-2H3,(H,22,26). The van der Waals surface area contributed by atoms with Gasteiger partial charge < -0.3 is 10.2 Å². The van der Waals surface area contributed by atoms with E-state index in [0.29, 0.717) is 17.8 Å². The van der Waals surface area contributed by atoms with Crippen LogP contribution in [0.1, 0.15) is 17.3 Å². The summed E-state index contributed by atoms with van der Waals surface area (Å²) >= 11 is 0. The zero-order valence-electron chi connectivity index (χ0n) is 15.2. The van der Waals surface area contributed by atoms with E-state index in [1.807, 2.05) is 67.7 Å². The number of aromatic nitrogens is 2. The van der Waals surface area contributed by atoms with Crippen molar-refractivity contribution in [1.82, 2.24) is 20.0 Å². The molecule has 134 valence electrons. The molecule has 5 nitrogen and oxygen atoms in total. The lowest BCUT2D eigenvalue weighted by Gasteiger charge is -2.13. The molecule has 1 heterocycles. The van der Waals surface area contributed by atoms with Crippen molar-refractivity contribution in [3.05, 3.63) is 72.4 Å². The van der Waals surface area contributed by atoms with Gasteiger partial charge in [0.2, 0.25) is 0 Å². The monoisotopic (exact) mass is 348 g/mol. The molecule has 0 bridgehead atoms. The topological polar surface area (TPSA) is 50.2 Å². The highest BCUT2D eigenvalue weighted by atomic mass is 16.1. The number of para-hydroxylation sites is 1. The minimum atomic E-state index is -0.101. The van der Waals surface area contributed by atoms with E-state index in [9.17, 15) is 4.79 Å². The summed E-state index contributed by atoms with van der Waals surface area (Å²) in [5.41, 5.74) is 3.13. The highest BCUT2D eigenvalue weighted by Gasteiger charge is 2.18. The Labute approximate surface area is 154 Å². The lowest BCUT2D eigenvalue weighted by molar-refractivity contribution is 0.0951. The predicted molar refractivity (Wildman–Crippen MR) is 105 cm³/mol. The van der Waals surface area contributed by atoms with Crippen LogP contribution >= 0.6 is 0 Å². The fourth-order valence-electron chi connectivity index (χ4n) is 2.68. The predicted octanol–water partition coefficient (Wildman–Crippen LogP) is 3.22. The molecule has 0 fully saturated rings. The minimum Gasteiger partial charge on any atom is -0.351 e. The Bertz CT molecular complexity index is 843. The molecule has 1 amide bonds. The van der Waals surface area contributed by atoms with Gasteiger partial charge in [0.25, 0.3) is 5.91 Å². The highest BCUT2D eigenvalue weighted by molar-refractivity contribution is 5.99. The molecule has 5 heteroatoms. The molecule has 0 saturated heterocycles. The van der Waals surface area contributed by atoms with Gasteiger partial charge in [-0.25, -0.2) is 4.68 Å². The van der Waals surface area contributed by atoms with Gasteiger partial charge in [-0.15, -0.1) is 0 Å². The van der Waals surface area contributed by atoms with Crippen LogP contribution in [0.5, 0.6) is 0 Å². The van der Waals surface area contributed by atoms with Gasteiger partial charge in [0.15, 0.2) is 0 Å². The van der Waals surface area contributed by atoms with Crippen molar-refractivity contribution in [3.8, 4) is 16.9 Å². The fraction of sp³-hybridized carbons (Fsp3) is 0.238. The molecular weight excluding hydrogens is 324 g/mol. The normalized spacial score (nSPS) is 10.9. The Balaban J connectivity index is 1.89. The van der Waals surface area contributed by atoms with Gasteiger partial charge in [0, 0.05) is 24.8 Å². The van der Waals surface area contributed by atoms with Crippen LogP contribution in [0, 0.1) is 0 Å². The van der Waals surface area contributed by atoms with Crippen LogP contribution < -0.4 is 5.32 Å². The van der Waals surface area contributed by atoms with Crippen molar-refractivity contribution in [2.45, 2.75) is 6.92 Å². The van der Waals surface area contributed by atoms with Crippen molar-refractivity contribution in [2.75, 3.05) is 26.7 Å². The summed E-state index contributed by atoms with van der Waals surface area (Å²) in [4.78, 5) is 14.9. The van der Waals surface area contributed by atoms with Crippen molar-refractivity contribution in [1.29, 1.82) is 0 Å². The van der Waals surface area contributed by atoms with E-state index in [2.05, 4.69) is 22.2 Å². The first kappa shape index (κ1) is 17.9. The van der Waals surface area contributed by atoms with Crippen LogP contribution in [0.15, 0.2) is 66.9 Å². The van der Waals surface area contributed by atoms with E-state index in [-0.39, 0.29) is 5.91 Å². The van der Waals surface area contributed by atoms with Gasteiger partial charge in [-0.2, -0.15) is 5.10 Å². The van der Waals surface area contributed by atoms with E-state index < -0.39 is 0 Å². The Morgan fingerprint density at radius 1 is 1.08 bits per heavy atom. The zero-order valence-corrected chi connectivity index (χ0v) is 15.2. The third-order valence-corrected chi connectivity index (χ3v) is 4.35. The van der Waals surface area contributed by atoms with Crippen LogP contribution in [0.2, 0.25) is 0 Å². The maximum absolute atomic E-state index is 12.8. The number of hydrogen-bond donors (Lipinski definition) is 1. The van der Waals surface area contributed by atoms with Crippen LogP contribution in [0.3, 0.4) is 0 Å². The van der Waals surface area contributed by atoms with Gasteiger partial charge in [0.1, 0.15) is 5.69 Å². The number of benzene rings is 2. The number of likely N-dealkylation sites (N-methyl/N-ethyl adjacent to an activating group) is 1. The molecule has 0 aliphatic carbocycles. The molecule has 1 aromatic heterocycles. The highest BCUT2D eigenvalue weighted by Crippen LogP contribution is 2.23. The van der Waals surface area contributed by atoms with E-state index in [1.54, 1.807) is 10.9 Å². The third-order valence-electron chi connectivity index (χ3n) is 4.35. The van der Waals surface area contributed by atoms with Gasteiger partial charge in [-0.05, 0) is 25.7 Å². The van der Waals surface area contributed by atoms with Crippen molar-refractivity contribution >= 4 is 5.91 Å². The van der Waals surface area contributed by atoms with Crippen molar-refractivity contribution < 1.29 is 4.79 Å². The van der Waals surface area contributed by atoms with Gasteiger partial charge in [-0.3, -0.25) is 4.79 Å². The second kappa shape index (κ2) is 8.45. The van der Waals surface area contributed by atoms with Gasteiger partial charge >= 0.3 is 0 Å². The summed E-state index contributed by atoms with van der Waals surface area (Å²) in [6.07, 6.45) is 1.80. The van der Waals surface area contributed by atoms with Crippen LogP contribution in [0.25, 0.3) is 16.9 Å². The summed E-state index contributed by atoms with van der Waals surface area (Å²) in [7, 11) is 2.04. The Hall–Kier alpha value is -2.92. The molecule has 0 unspecified atom stereocenters. The summed E-state index contributed by atoms with van der Waals surface area (Å²) in [6, 6.07) is 19.6. The number of nitrogens with zero attached hydrogens (tertiary/aromatic N) is 3. The maximum atomic E-state index is 12.8. The number of rotatable bonds is 7. The average molecular weight is 348 g/mol. The summed E-state index contributed by atoms with van der Waals surface area (Å²) in [5, 5.41) is 7.68. The lowest BCUT2D eigenvalue weighted by atomic mass is 10.1. The second-order valence-corrected chi connectivity index (χ2v) is 6.19. The molecule has 0 aliphatic rings. The molecule has 3 rings (SSSR count). The molecule has 0 saturated carbocycles. The first-order chi connectivity index (χ1) is 12.7. The van der Waals surface area contributed by atoms with E-state index in [0.717, 1.165) is 24.3 Å².